The summed E-state index contributed by atoms with van der Waals surface area (Å²) in [6.07, 6.45) is 6.73. The van der Waals surface area contributed by atoms with E-state index in [-0.39, 0.29) is 11.4 Å². The van der Waals surface area contributed by atoms with E-state index >= 15 is 0 Å². The average Bonchev–Trinajstić information content (AvgIpc) is 3.17. The molecule has 23 heavy (non-hydrogen) atoms. The van der Waals surface area contributed by atoms with Gasteiger partial charge in [-0.3, -0.25) is 4.79 Å². The van der Waals surface area contributed by atoms with Gasteiger partial charge < -0.3 is 9.47 Å². The van der Waals surface area contributed by atoms with Crippen molar-refractivity contribution in [2.45, 2.75) is 65.6 Å². The summed E-state index contributed by atoms with van der Waals surface area (Å²) in [4.78, 5) is 14.3. The summed E-state index contributed by atoms with van der Waals surface area (Å²) in [7, 11) is 0. The van der Waals surface area contributed by atoms with Gasteiger partial charge in [0, 0.05) is 24.4 Å². The van der Waals surface area contributed by atoms with Gasteiger partial charge in [-0.25, -0.2) is 4.68 Å². The van der Waals surface area contributed by atoms with Crippen molar-refractivity contribution in [3.63, 3.8) is 0 Å². The number of unbranched alkanes of at least 4 members (excludes halogenated alkanes) is 1. The second-order valence-electron chi connectivity index (χ2n) is 7.28. The highest BCUT2D eigenvalue weighted by molar-refractivity contribution is 5.77. The van der Waals surface area contributed by atoms with Gasteiger partial charge in [0.2, 0.25) is 5.91 Å². The Morgan fingerprint density at radius 3 is 2.52 bits per heavy atom. The predicted octanol–water partition coefficient (Wildman–Crippen LogP) is 3.46. The van der Waals surface area contributed by atoms with Crippen molar-refractivity contribution in [1.82, 2.24) is 19.2 Å². The lowest BCUT2D eigenvalue weighted by atomic mass is 10.1. The van der Waals surface area contributed by atoms with Crippen LogP contribution in [0.3, 0.4) is 0 Å². The number of rotatable bonds is 4. The van der Waals surface area contributed by atoms with Gasteiger partial charge in [-0.2, -0.15) is 5.10 Å². The quantitative estimate of drug-likeness (QED) is 0.867. The van der Waals surface area contributed by atoms with Gasteiger partial charge in [0.25, 0.3) is 0 Å². The zero-order chi connectivity index (χ0) is 16.6. The predicted molar refractivity (Wildman–Crippen MR) is 90.3 cm³/mol. The standard InChI is InChI=1S/C18H26N4O/c1-5-6-9-16(23)21-12-14-15(13-21)19-22(18(2,3)4)17(14)20-10-7-8-11-20/h7-8,10-11H,5-6,9,12-13H2,1-4H3. The fraction of sp³-hybridized carbons (Fsp3) is 0.556. The molecule has 0 aliphatic carbocycles. The van der Waals surface area contributed by atoms with Crippen molar-refractivity contribution in [1.29, 1.82) is 0 Å². The molecular formula is C18H26N4O. The molecule has 0 radical (unpaired) electrons. The second kappa shape index (κ2) is 5.87. The highest BCUT2D eigenvalue weighted by Gasteiger charge is 2.33. The number of fused-ring (bicyclic) bond motifs is 1. The largest absolute Gasteiger partial charge is 0.332 e. The fourth-order valence-corrected chi connectivity index (χ4v) is 3.07. The molecule has 3 rings (SSSR count). The molecule has 5 nitrogen and oxygen atoms in total. The first-order valence-electron chi connectivity index (χ1n) is 8.44. The van der Waals surface area contributed by atoms with E-state index in [1.807, 2.05) is 29.4 Å². The first kappa shape index (κ1) is 15.8. The number of amides is 1. The molecule has 0 fully saturated rings. The molecule has 0 saturated carbocycles. The van der Waals surface area contributed by atoms with E-state index in [0.717, 1.165) is 24.4 Å². The Morgan fingerprint density at radius 1 is 1.22 bits per heavy atom. The van der Waals surface area contributed by atoms with Crippen molar-refractivity contribution >= 4 is 5.91 Å². The third-order valence-corrected chi connectivity index (χ3v) is 4.31. The van der Waals surface area contributed by atoms with Crippen molar-refractivity contribution in [3.8, 4) is 5.82 Å². The van der Waals surface area contributed by atoms with Gasteiger partial charge in [-0.05, 0) is 39.3 Å². The topological polar surface area (TPSA) is 43.1 Å². The van der Waals surface area contributed by atoms with Crippen LogP contribution in [0.2, 0.25) is 0 Å². The first-order valence-corrected chi connectivity index (χ1v) is 8.44. The fourth-order valence-electron chi connectivity index (χ4n) is 3.07. The molecule has 124 valence electrons. The number of carbonyl (C=O) groups excluding carboxylic acids is 1. The van der Waals surface area contributed by atoms with Crippen LogP contribution in [0.1, 0.15) is 58.2 Å². The van der Waals surface area contributed by atoms with Crippen LogP contribution in [-0.2, 0) is 23.4 Å². The van der Waals surface area contributed by atoms with E-state index in [2.05, 4.69) is 36.9 Å². The Bertz CT molecular complexity index is 691. The van der Waals surface area contributed by atoms with E-state index in [4.69, 9.17) is 5.10 Å². The molecule has 0 N–H and O–H groups in total. The van der Waals surface area contributed by atoms with Crippen LogP contribution in [0.4, 0.5) is 0 Å². The van der Waals surface area contributed by atoms with E-state index in [0.29, 0.717) is 19.5 Å². The number of hydrogen-bond acceptors (Lipinski definition) is 2. The summed E-state index contributed by atoms with van der Waals surface area (Å²) in [6.45, 7) is 9.89. The Morgan fingerprint density at radius 2 is 1.91 bits per heavy atom. The van der Waals surface area contributed by atoms with Crippen LogP contribution in [0.15, 0.2) is 24.5 Å². The molecule has 0 spiro atoms. The summed E-state index contributed by atoms with van der Waals surface area (Å²) >= 11 is 0. The molecule has 5 heteroatoms. The lowest BCUT2D eigenvalue weighted by Crippen LogP contribution is -2.29. The maximum atomic E-state index is 12.3. The van der Waals surface area contributed by atoms with E-state index < -0.39 is 0 Å². The third-order valence-electron chi connectivity index (χ3n) is 4.31. The maximum absolute atomic E-state index is 12.3. The molecule has 0 bridgehead atoms. The molecule has 2 aromatic heterocycles. The van der Waals surface area contributed by atoms with Crippen LogP contribution in [0.5, 0.6) is 0 Å². The Hall–Kier alpha value is -2.04. The molecule has 2 aromatic rings. The van der Waals surface area contributed by atoms with Gasteiger partial charge in [0.15, 0.2) is 0 Å². The Kier molecular flexibility index (Phi) is 4.04. The van der Waals surface area contributed by atoms with Crippen LogP contribution in [-0.4, -0.2) is 25.2 Å². The average molecular weight is 314 g/mol. The van der Waals surface area contributed by atoms with Gasteiger partial charge >= 0.3 is 0 Å². The van der Waals surface area contributed by atoms with Gasteiger partial charge in [-0.15, -0.1) is 0 Å². The molecule has 0 saturated heterocycles. The number of carbonyl (C=O) groups is 1. The number of hydrogen-bond donors (Lipinski definition) is 0. The maximum Gasteiger partial charge on any atom is 0.223 e. The molecule has 1 amide bonds. The first-order chi connectivity index (χ1) is 10.9. The molecule has 1 aliphatic rings. The van der Waals surface area contributed by atoms with Crippen LogP contribution >= 0.6 is 0 Å². The molecular weight excluding hydrogens is 288 g/mol. The highest BCUT2D eigenvalue weighted by atomic mass is 16.2. The summed E-state index contributed by atoms with van der Waals surface area (Å²) in [6, 6.07) is 4.04. The highest BCUT2D eigenvalue weighted by Crippen LogP contribution is 2.32. The van der Waals surface area contributed by atoms with Crippen molar-refractivity contribution < 1.29 is 4.79 Å². The number of aromatic nitrogens is 3. The minimum atomic E-state index is -0.0962. The lowest BCUT2D eigenvalue weighted by Gasteiger charge is -2.24. The van der Waals surface area contributed by atoms with Crippen LogP contribution in [0, 0.1) is 0 Å². The second-order valence-corrected chi connectivity index (χ2v) is 7.28. The Balaban J connectivity index is 1.94. The molecule has 3 heterocycles. The van der Waals surface area contributed by atoms with E-state index in [9.17, 15) is 4.79 Å². The minimum absolute atomic E-state index is 0.0962. The lowest BCUT2D eigenvalue weighted by molar-refractivity contribution is -0.131. The summed E-state index contributed by atoms with van der Waals surface area (Å²) in [5.74, 6) is 1.33. The molecule has 1 aliphatic heterocycles. The monoisotopic (exact) mass is 314 g/mol. The van der Waals surface area contributed by atoms with Gasteiger partial charge in [-0.1, -0.05) is 13.3 Å². The van der Waals surface area contributed by atoms with Gasteiger partial charge in [0.1, 0.15) is 5.82 Å². The molecule has 0 aromatic carbocycles. The van der Waals surface area contributed by atoms with E-state index in [1.54, 1.807) is 0 Å². The Labute approximate surface area is 137 Å². The van der Waals surface area contributed by atoms with E-state index in [1.165, 1.54) is 5.56 Å². The third kappa shape index (κ3) is 2.92. The molecule has 0 unspecified atom stereocenters. The van der Waals surface area contributed by atoms with Crippen LogP contribution in [0.25, 0.3) is 5.82 Å². The summed E-state index contributed by atoms with van der Waals surface area (Å²) < 4.78 is 4.20. The SMILES string of the molecule is CCCCC(=O)N1Cc2nn(C(C)(C)C)c(-n3cccc3)c2C1. The summed E-state index contributed by atoms with van der Waals surface area (Å²) in [5.41, 5.74) is 2.12. The minimum Gasteiger partial charge on any atom is -0.332 e. The van der Waals surface area contributed by atoms with Gasteiger partial charge in [0.05, 0.1) is 24.3 Å². The summed E-state index contributed by atoms with van der Waals surface area (Å²) in [5, 5.41) is 4.83. The van der Waals surface area contributed by atoms with Crippen molar-refractivity contribution in [2.24, 2.45) is 0 Å². The van der Waals surface area contributed by atoms with Crippen LogP contribution < -0.4 is 0 Å². The number of nitrogens with zero attached hydrogens (tertiary/aromatic N) is 4. The van der Waals surface area contributed by atoms with Crippen molar-refractivity contribution in [3.05, 3.63) is 35.8 Å². The zero-order valence-corrected chi connectivity index (χ0v) is 14.5. The van der Waals surface area contributed by atoms with Crippen molar-refractivity contribution in [2.75, 3.05) is 0 Å². The zero-order valence-electron chi connectivity index (χ0n) is 14.5. The normalized spacial score (nSPS) is 14.3. The molecule has 0 atom stereocenters. The smallest absolute Gasteiger partial charge is 0.223 e.